The van der Waals surface area contributed by atoms with Gasteiger partial charge < -0.3 is 16.0 Å². The Balaban J connectivity index is 2.63. The van der Waals surface area contributed by atoms with Gasteiger partial charge in [0.25, 0.3) is 0 Å². The number of pyridine rings is 1. The quantitative estimate of drug-likeness (QED) is 0.719. The van der Waals surface area contributed by atoms with E-state index in [1.54, 1.807) is 19.4 Å². The number of carbonyl (C=O) groups excluding carboxylic acids is 1. The molecule has 0 spiro atoms. The van der Waals surface area contributed by atoms with Gasteiger partial charge in [-0.1, -0.05) is 0 Å². The van der Waals surface area contributed by atoms with Gasteiger partial charge in [-0.15, -0.1) is 0 Å². The molecule has 0 saturated heterocycles. The van der Waals surface area contributed by atoms with Gasteiger partial charge in [0, 0.05) is 20.1 Å². The maximum atomic E-state index is 11.6. The summed E-state index contributed by atoms with van der Waals surface area (Å²) in [5.41, 5.74) is 1.42. The number of nitrogens with zero attached hydrogens (tertiary/aromatic N) is 1. The first-order valence-corrected chi connectivity index (χ1v) is 6.14. The van der Waals surface area contributed by atoms with E-state index < -0.39 is 5.41 Å². The molecule has 0 fully saturated rings. The van der Waals surface area contributed by atoms with Crippen LogP contribution in [0.4, 0.5) is 11.4 Å². The van der Waals surface area contributed by atoms with Crippen LogP contribution in [0, 0.1) is 5.41 Å². The lowest BCUT2D eigenvalue weighted by Gasteiger charge is -2.23. The van der Waals surface area contributed by atoms with Crippen molar-refractivity contribution in [3.63, 3.8) is 0 Å². The molecule has 0 saturated carbocycles. The van der Waals surface area contributed by atoms with Crippen LogP contribution in [0.15, 0.2) is 18.5 Å². The Labute approximate surface area is 108 Å². The molecule has 3 N–H and O–H groups in total. The molecule has 0 unspecified atom stereocenters. The maximum absolute atomic E-state index is 11.6. The minimum atomic E-state index is -0.455. The zero-order valence-corrected chi connectivity index (χ0v) is 11.5. The first-order valence-electron chi connectivity index (χ1n) is 6.14. The minimum absolute atomic E-state index is 0.0193. The molecule has 100 valence electrons. The van der Waals surface area contributed by atoms with Crippen molar-refractivity contribution in [2.24, 2.45) is 5.41 Å². The van der Waals surface area contributed by atoms with Crippen molar-refractivity contribution in [2.45, 2.75) is 20.8 Å². The first kappa shape index (κ1) is 14.3. The average Bonchev–Trinajstić information content (AvgIpc) is 2.36. The number of hydrogen-bond acceptors (Lipinski definition) is 4. The highest BCUT2D eigenvalue weighted by molar-refractivity contribution is 5.82. The molecule has 0 atom stereocenters. The second-order valence-corrected chi connectivity index (χ2v) is 4.81. The third kappa shape index (κ3) is 3.91. The molecular weight excluding hydrogens is 228 g/mol. The van der Waals surface area contributed by atoms with Crippen LogP contribution in [0.3, 0.4) is 0 Å². The molecule has 0 aliphatic heterocycles. The lowest BCUT2D eigenvalue weighted by atomic mass is 9.92. The molecule has 0 radical (unpaired) electrons. The number of rotatable bonds is 6. The summed E-state index contributed by atoms with van der Waals surface area (Å²) in [6.07, 6.45) is 3.53. The third-order valence-corrected chi connectivity index (χ3v) is 2.70. The molecular formula is C13H22N4O. The lowest BCUT2D eigenvalue weighted by molar-refractivity contribution is -0.128. The van der Waals surface area contributed by atoms with E-state index in [1.165, 1.54) is 0 Å². The molecule has 1 rings (SSSR count). The summed E-state index contributed by atoms with van der Waals surface area (Å²) in [4.78, 5) is 15.8. The Morgan fingerprint density at radius 3 is 2.44 bits per heavy atom. The fourth-order valence-electron chi connectivity index (χ4n) is 1.58. The highest BCUT2D eigenvalue weighted by atomic mass is 16.2. The van der Waals surface area contributed by atoms with E-state index in [4.69, 9.17) is 0 Å². The summed E-state index contributed by atoms with van der Waals surface area (Å²) in [5, 5.41) is 9.10. The van der Waals surface area contributed by atoms with Crippen LogP contribution in [-0.4, -0.2) is 31.0 Å². The number of carbonyl (C=O) groups is 1. The molecule has 1 aromatic heterocycles. The van der Waals surface area contributed by atoms with Gasteiger partial charge in [0.05, 0.1) is 29.2 Å². The van der Waals surface area contributed by atoms with E-state index in [0.717, 1.165) is 17.9 Å². The van der Waals surface area contributed by atoms with E-state index in [-0.39, 0.29) is 5.91 Å². The minimum Gasteiger partial charge on any atom is -0.384 e. The molecule has 0 bridgehead atoms. The standard InChI is InChI=1S/C13H22N4O/c1-5-16-10-6-11(8-15-7-10)17-9-13(2,3)12(18)14-4/h6-8,16-17H,5,9H2,1-4H3,(H,14,18). The third-order valence-electron chi connectivity index (χ3n) is 2.70. The topological polar surface area (TPSA) is 66.0 Å². The Bertz CT molecular complexity index is 404. The summed E-state index contributed by atoms with van der Waals surface area (Å²) in [7, 11) is 1.65. The van der Waals surface area contributed by atoms with Gasteiger partial charge in [0.15, 0.2) is 0 Å². The predicted octanol–water partition coefficient (Wildman–Crippen LogP) is 1.70. The van der Waals surface area contributed by atoms with Crippen molar-refractivity contribution in [1.29, 1.82) is 0 Å². The summed E-state index contributed by atoms with van der Waals surface area (Å²) in [6, 6.07) is 1.98. The van der Waals surface area contributed by atoms with Crippen molar-refractivity contribution in [3.8, 4) is 0 Å². The fourth-order valence-corrected chi connectivity index (χ4v) is 1.58. The van der Waals surface area contributed by atoms with E-state index in [9.17, 15) is 4.79 Å². The molecule has 0 aliphatic rings. The second-order valence-electron chi connectivity index (χ2n) is 4.81. The average molecular weight is 250 g/mol. The Morgan fingerprint density at radius 2 is 1.89 bits per heavy atom. The number of nitrogens with one attached hydrogen (secondary N) is 3. The van der Waals surface area contributed by atoms with Crippen molar-refractivity contribution < 1.29 is 4.79 Å². The highest BCUT2D eigenvalue weighted by Crippen LogP contribution is 2.18. The maximum Gasteiger partial charge on any atom is 0.227 e. The van der Waals surface area contributed by atoms with Crippen molar-refractivity contribution in [1.82, 2.24) is 10.3 Å². The molecule has 1 heterocycles. The molecule has 0 aromatic carbocycles. The zero-order chi connectivity index (χ0) is 13.6. The van der Waals surface area contributed by atoms with Crippen molar-refractivity contribution in [2.75, 3.05) is 30.8 Å². The number of aromatic nitrogens is 1. The van der Waals surface area contributed by atoms with Crippen LogP contribution < -0.4 is 16.0 Å². The van der Waals surface area contributed by atoms with E-state index in [0.29, 0.717) is 6.54 Å². The fraction of sp³-hybridized carbons (Fsp3) is 0.538. The van der Waals surface area contributed by atoms with Crippen LogP contribution in [0.25, 0.3) is 0 Å². The summed E-state index contributed by atoms with van der Waals surface area (Å²) in [6.45, 7) is 7.26. The number of hydrogen-bond donors (Lipinski definition) is 3. The van der Waals surface area contributed by atoms with Crippen LogP contribution in [0.1, 0.15) is 20.8 Å². The molecule has 5 nitrogen and oxygen atoms in total. The summed E-state index contributed by atoms with van der Waals surface area (Å²) < 4.78 is 0. The first-order chi connectivity index (χ1) is 8.49. The van der Waals surface area contributed by atoms with Gasteiger partial charge in [-0.3, -0.25) is 9.78 Å². The van der Waals surface area contributed by atoms with Gasteiger partial charge in [0.2, 0.25) is 5.91 Å². The normalized spacial score (nSPS) is 10.9. The van der Waals surface area contributed by atoms with Crippen LogP contribution in [0.2, 0.25) is 0 Å². The van der Waals surface area contributed by atoms with Gasteiger partial charge >= 0.3 is 0 Å². The summed E-state index contributed by atoms with van der Waals surface area (Å²) in [5.74, 6) is 0.0193. The van der Waals surface area contributed by atoms with Crippen molar-refractivity contribution in [3.05, 3.63) is 18.5 Å². The number of anilines is 2. The lowest BCUT2D eigenvalue weighted by Crippen LogP contribution is -2.39. The Hall–Kier alpha value is -1.78. The van der Waals surface area contributed by atoms with E-state index >= 15 is 0 Å². The Morgan fingerprint density at radius 1 is 1.28 bits per heavy atom. The zero-order valence-electron chi connectivity index (χ0n) is 11.5. The highest BCUT2D eigenvalue weighted by Gasteiger charge is 2.26. The van der Waals surface area contributed by atoms with Gasteiger partial charge in [-0.25, -0.2) is 0 Å². The molecule has 0 aliphatic carbocycles. The number of amides is 1. The van der Waals surface area contributed by atoms with Gasteiger partial charge in [-0.05, 0) is 26.8 Å². The Kier molecular flexibility index (Phi) is 4.95. The molecule has 1 aromatic rings. The van der Waals surface area contributed by atoms with Crippen LogP contribution >= 0.6 is 0 Å². The SMILES string of the molecule is CCNc1cncc(NCC(C)(C)C(=O)NC)c1. The van der Waals surface area contributed by atoms with E-state index in [1.807, 2.05) is 26.8 Å². The largest absolute Gasteiger partial charge is 0.384 e. The summed E-state index contributed by atoms with van der Waals surface area (Å²) >= 11 is 0. The molecule has 5 heteroatoms. The van der Waals surface area contributed by atoms with Crippen LogP contribution in [0.5, 0.6) is 0 Å². The monoisotopic (exact) mass is 250 g/mol. The smallest absolute Gasteiger partial charge is 0.227 e. The van der Waals surface area contributed by atoms with Gasteiger partial charge in [-0.2, -0.15) is 0 Å². The van der Waals surface area contributed by atoms with E-state index in [2.05, 4.69) is 20.9 Å². The van der Waals surface area contributed by atoms with Crippen LogP contribution in [-0.2, 0) is 4.79 Å². The molecule has 1 amide bonds. The van der Waals surface area contributed by atoms with Crippen molar-refractivity contribution >= 4 is 17.3 Å². The predicted molar refractivity (Wildman–Crippen MR) is 74.7 cm³/mol. The molecule has 18 heavy (non-hydrogen) atoms. The van der Waals surface area contributed by atoms with Gasteiger partial charge in [0.1, 0.15) is 0 Å². The second kappa shape index (κ2) is 6.23.